The number of fused-ring (bicyclic) bond motifs is 1. The first-order valence-electron chi connectivity index (χ1n) is 6.15. The first kappa shape index (κ1) is 13.2. The summed E-state index contributed by atoms with van der Waals surface area (Å²) in [6.45, 7) is 4.95. The minimum Gasteiger partial charge on any atom is -0.495 e. The van der Waals surface area contributed by atoms with Crippen molar-refractivity contribution in [3.63, 3.8) is 0 Å². The lowest BCUT2D eigenvalue weighted by Gasteiger charge is -2.10. The standard InChI is InChI=1S/C14H19ClN2O/c1-9(2)17-8-10(4-5-16)11-6-14(18-3)12(15)7-13(11)17/h6-9H,4-5,16H2,1-3H3. The van der Waals surface area contributed by atoms with Gasteiger partial charge in [-0.2, -0.15) is 0 Å². The summed E-state index contributed by atoms with van der Waals surface area (Å²) in [6, 6.07) is 4.36. The van der Waals surface area contributed by atoms with E-state index < -0.39 is 0 Å². The molecule has 0 atom stereocenters. The third kappa shape index (κ3) is 2.20. The van der Waals surface area contributed by atoms with E-state index >= 15 is 0 Å². The molecule has 0 amide bonds. The monoisotopic (exact) mass is 266 g/mol. The van der Waals surface area contributed by atoms with E-state index in [1.165, 1.54) is 10.9 Å². The molecule has 1 heterocycles. The highest BCUT2D eigenvalue weighted by Crippen LogP contribution is 2.34. The Hall–Kier alpha value is -1.19. The van der Waals surface area contributed by atoms with E-state index in [9.17, 15) is 0 Å². The zero-order valence-corrected chi connectivity index (χ0v) is 11.8. The van der Waals surface area contributed by atoms with Crippen LogP contribution in [0.1, 0.15) is 25.5 Å². The van der Waals surface area contributed by atoms with Crippen molar-refractivity contribution in [3.8, 4) is 5.75 Å². The molecule has 2 rings (SSSR count). The molecule has 2 N–H and O–H groups in total. The minimum absolute atomic E-state index is 0.392. The molecule has 0 radical (unpaired) electrons. The highest BCUT2D eigenvalue weighted by atomic mass is 35.5. The van der Waals surface area contributed by atoms with Crippen LogP contribution in [0.3, 0.4) is 0 Å². The van der Waals surface area contributed by atoms with E-state index in [4.69, 9.17) is 22.1 Å². The first-order valence-corrected chi connectivity index (χ1v) is 6.53. The number of nitrogens with two attached hydrogens (primary N) is 1. The van der Waals surface area contributed by atoms with Gasteiger partial charge in [0.1, 0.15) is 5.75 Å². The van der Waals surface area contributed by atoms with E-state index in [0.29, 0.717) is 23.4 Å². The van der Waals surface area contributed by atoms with Crippen molar-refractivity contribution in [2.75, 3.05) is 13.7 Å². The second-order valence-electron chi connectivity index (χ2n) is 4.70. The summed E-state index contributed by atoms with van der Waals surface area (Å²) in [6.07, 6.45) is 3.03. The minimum atomic E-state index is 0.392. The molecule has 0 spiro atoms. The summed E-state index contributed by atoms with van der Waals surface area (Å²) in [7, 11) is 1.63. The van der Waals surface area contributed by atoms with E-state index in [2.05, 4.69) is 24.6 Å². The Kier molecular flexibility index (Phi) is 3.83. The molecule has 0 saturated heterocycles. The van der Waals surface area contributed by atoms with Crippen LogP contribution in [-0.4, -0.2) is 18.2 Å². The second-order valence-corrected chi connectivity index (χ2v) is 5.11. The number of aromatic nitrogens is 1. The number of rotatable bonds is 4. The topological polar surface area (TPSA) is 40.2 Å². The van der Waals surface area contributed by atoms with Crippen molar-refractivity contribution in [3.05, 3.63) is 28.9 Å². The summed E-state index contributed by atoms with van der Waals surface area (Å²) in [4.78, 5) is 0. The fourth-order valence-corrected chi connectivity index (χ4v) is 2.49. The van der Waals surface area contributed by atoms with Crippen molar-refractivity contribution in [1.82, 2.24) is 4.57 Å². The summed E-state index contributed by atoms with van der Waals surface area (Å²) >= 11 is 6.20. The van der Waals surface area contributed by atoms with E-state index in [1.54, 1.807) is 7.11 Å². The Balaban J connectivity index is 2.70. The van der Waals surface area contributed by atoms with Crippen molar-refractivity contribution in [2.45, 2.75) is 26.3 Å². The molecular formula is C14H19ClN2O. The number of ether oxygens (including phenoxy) is 1. The molecule has 1 aromatic carbocycles. The lowest BCUT2D eigenvalue weighted by molar-refractivity contribution is 0.415. The molecule has 0 aliphatic carbocycles. The summed E-state index contributed by atoms with van der Waals surface area (Å²) in [5.74, 6) is 0.712. The molecule has 0 saturated carbocycles. The van der Waals surface area contributed by atoms with Gasteiger partial charge in [0.25, 0.3) is 0 Å². The van der Waals surface area contributed by atoms with Gasteiger partial charge in [0.15, 0.2) is 0 Å². The van der Waals surface area contributed by atoms with Gasteiger partial charge in [-0.25, -0.2) is 0 Å². The van der Waals surface area contributed by atoms with Crippen LogP contribution in [0.15, 0.2) is 18.3 Å². The van der Waals surface area contributed by atoms with Gasteiger partial charge in [0.2, 0.25) is 0 Å². The lowest BCUT2D eigenvalue weighted by atomic mass is 10.1. The van der Waals surface area contributed by atoms with Crippen LogP contribution in [0.5, 0.6) is 5.75 Å². The maximum atomic E-state index is 6.20. The Labute approximate surface area is 112 Å². The lowest BCUT2D eigenvalue weighted by Crippen LogP contribution is -2.02. The van der Waals surface area contributed by atoms with E-state index in [-0.39, 0.29) is 0 Å². The van der Waals surface area contributed by atoms with Gasteiger partial charge in [0, 0.05) is 17.6 Å². The number of hydrogen-bond acceptors (Lipinski definition) is 2. The Bertz CT molecular complexity index is 560. The van der Waals surface area contributed by atoms with Crippen molar-refractivity contribution in [2.24, 2.45) is 5.73 Å². The molecule has 98 valence electrons. The molecule has 1 aromatic heterocycles. The molecule has 0 unspecified atom stereocenters. The fourth-order valence-electron chi connectivity index (χ4n) is 2.26. The highest BCUT2D eigenvalue weighted by molar-refractivity contribution is 6.32. The molecule has 0 aliphatic heterocycles. The molecule has 0 aliphatic rings. The van der Waals surface area contributed by atoms with Crippen LogP contribution in [0, 0.1) is 0 Å². The van der Waals surface area contributed by atoms with Crippen LogP contribution in [0.2, 0.25) is 5.02 Å². The van der Waals surface area contributed by atoms with E-state index in [1.807, 2.05) is 12.1 Å². The summed E-state index contributed by atoms with van der Waals surface area (Å²) < 4.78 is 7.51. The second kappa shape index (κ2) is 5.21. The van der Waals surface area contributed by atoms with Gasteiger partial charge < -0.3 is 15.0 Å². The van der Waals surface area contributed by atoms with Crippen LogP contribution < -0.4 is 10.5 Å². The van der Waals surface area contributed by atoms with Crippen LogP contribution in [0.25, 0.3) is 10.9 Å². The third-order valence-electron chi connectivity index (χ3n) is 3.16. The predicted octanol–water partition coefficient (Wildman–Crippen LogP) is 3.39. The zero-order valence-electron chi connectivity index (χ0n) is 11.0. The smallest absolute Gasteiger partial charge is 0.138 e. The molecular weight excluding hydrogens is 248 g/mol. The van der Waals surface area contributed by atoms with Gasteiger partial charge in [-0.15, -0.1) is 0 Å². The first-order chi connectivity index (χ1) is 8.58. The SMILES string of the molecule is COc1cc2c(CCN)cn(C(C)C)c2cc1Cl. The van der Waals surface area contributed by atoms with E-state index in [0.717, 1.165) is 11.9 Å². The largest absolute Gasteiger partial charge is 0.495 e. The maximum Gasteiger partial charge on any atom is 0.138 e. The van der Waals surface area contributed by atoms with Crippen molar-refractivity contribution >= 4 is 22.5 Å². The van der Waals surface area contributed by atoms with Crippen molar-refractivity contribution in [1.29, 1.82) is 0 Å². The quantitative estimate of drug-likeness (QED) is 0.922. The molecule has 3 nitrogen and oxygen atoms in total. The Morgan fingerprint density at radius 3 is 2.67 bits per heavy atom. The maximum absolute atomic E-state index is 6.20. The van der Waals surface area contributed by atoms with Gasteiger partial charge in [-0.1, -0.05) is 11.6 Å². The third-order valence-corrected chi connectivity index (χ3v) is 3.45. The molecule has 2 aromatic rings. The Morgan fingerprint density at radius 1 is 1.39 bits per heavy atom. The Morgan fingerprint density at radius 2 is 2.11 bits per heavy atom. The summed E-state index contributed by atoms with van der Waals surface area (Å²) in [5, 5.41) is 1.82. The van der Waals surface area contributed by atoms with Gasteiger partial charge >= 0.3 is 0 Å². The van der Waals surface area contributed by atoms with Gasteiger partial charge in [-0.05, 0) is 44.5 Å². The van der Waals surface area contributed by atoms with Gasteiger partial charge in [0.05, 0.1) is 17.6 Å². The molecule has 0 fully saturated rings. The molecule has 18 heavy (non-hydrogen) atoms. The number of nitrogens with zero attached hydrogens (tertiary/aromatic N) is 1. The van der Waals surface area contributed by atoms with Crippen LogP contribution in [-0.2, 0) is 6.42 Å². The number of benzene rings is 1. The van der Waals surface area contributed by atoms with Gasteiger partial charge in [-0.3, -0.25) is 0 Å². The average molecular weight is 267 g/mol. The number of hydrogen-bond donors (Lipinski definition) is 1. The summed E-state index contributed by atoms with van der Waals surface area (Å²) in [5.41, 5.74) is 8.06. The predicted molar refractivity (Wildman–Crippen MR) is 76.6 cm³/mol. The van der Waals surface area contributed by atoms with Crippen LogP contribution >= 0.6 is 11.6 Å². The molecule has 4 heteroatoms. The zero-order chi connectivity index (χ0) is 13.3. The molecule has 0 bridgehead atoms. The van der Waals surface area contributed by atoms with Crippen LogP contribution in [0.4, 0.5) is 0 Å². The normalized spacial score (nSPS) is 11.4. The fraction of sp³-hybridized carbons (Fsp3) is 0.429. The van der Waals surface area contributed by atoms with Crippen molar-refractivity contribution < 1.29 is 4.74 Å². The number of methoxy groups -OCH3 is 1. The highest BCUT2D eigenvalue weighted by Gasteiger charge is 2.13. The number of halogens is 1. The average Bonchev–Trinajstić information content (AvgIpc) is 2.67.